The molecular weight excluding hydrogens is 264 g/mol. The maximum Gasteiger partial charge on any atom is 0.201 e. The van der Waals surface area contributed by atoms with Crippen LogP contribution in [0.2, 0.25) is 0 Å². The molecule has 4 nitrogen and oxygen atoms in total. The second-order valence-corrected chi connectivity index (χ2v) is 5.56. The molecule has 1 aromatic heterocycles. The van der Waals surface area contributed by atoms with Crippen molar-refractivity contribution in [3.8, 4) is 5.75 Å². The zero-order valence-electron chi connectivity index (χ0n) is 12.4. The van der Waals surface area contributed by atoms with Crippen LogP contribution in [0.1, 0.15) is 19.4 Å². The molecule has 0 atom stereocenters. The summed E-state index contributed by atoms with van der Waals surface area (Å²) in [5.74, 6) is 0.608. The van der Waals surface area contributed by atoms with Crippen molar-refractivity contribution in [2.45, 2.75) is 26.9 Å². The summed E-state index contributed by atoms with van der Waals surface area (Å²) in [7, 11) is 0. The number of H-pyrrole nitrogens is 1. The van der Waals surface area contributed by atoms with Gasteiger partial charge in [0.2, 0.25) is 5.43 Å². The zero-order chi connectivity index (χ0) is 15.1. The van der Waals surface area contributed by atoms with Gasteiger partial charge in [0, 0.05) is 16.6 Å². The monoisotopic (exact) mass is 282 g/mol. The van der Waals surface area contributed by atoms with Gasteiger partial charge in [-0.1, -0.05) is 6.07 Å². The van der Waals surface area contributed by atoms with E-state index in [9.17, 15) is 4.79 Å². The lowest BCUT2D eigenvalue weighted by Crippen LogP contribution is -2.11. The number of hydrogen-bond donors (Lipinski definition) is 2. The summed E-state index contributed by atoms with van der Waals surface area (Å²) < 4.78 is 5.79. The average molecular weight is 282 g/mol. The lowest BCUT2D eigenvalue weighted by atomic mass is 10.1. The Balaban J connectivity index is 2.47. The van der Waals surface area contributed by atoms with Crippen molar-refractivity contribution in [2.24, 2.45) is 0 Å². The third kappa shape index (κ3) is 2.23. The third-order valence-corrected chi connectivity index (χ3v) is 3.51. The normalized spacial score (nSPS) is 11.4. The highest BCUT2D eigenvalue weighted by Crippen LogP contribution is 2.27. The second-order valence-electron chi connectivity index (χ2n) is 5.56. The number of aromatic nitrogens is 1. The van der Waals surface area contributed by atoms with Gasteiger partial charge in [0.25, 0.3) is 0 Å². The Hall–Kier alpha value is -2.49. The van der Waals surface area contributed by atoms with E-state index in [2.05, 4.69) is 4.98 Å². The van der Waals surface area contributed by atoms with Gasteiger partial charge >= 0.3 is 0 Å². The van der Waals surface area contributed by atoms with E-state index in [1.807, 2.05) is 39.0 Å². The van der Waals surface area contributed by atoms with E-state index in [-0.39, 0.29) is 11.5 Å². The topological polar surface area (TPSA) is 68.1 Å². The van der Waals surface area contributed by atoms with Gasteiger partial charge in [0.1, 0.15) is 5.75 Å². The van der Waals surface area contributed by atoms with E-state index in [0.717, 1.165) is 16.6 Å². The summed E-state index contributed by atoms with van der Waals surface area (Å²) in [5, 5.41) is 1.17. The number of rotatable bonds is 2. The Labute approximate surface area is 122 Å². The molecule has 21 heavy (non-hydrogen) atoms. The number of aromatic amines is 1. The molecule has 0 aliphatic heterocycles. The molecular formula is C17H18N2O2. The van der Waals surface area contributed by atoms with Crippen LogP contribution in [0.15, 0.2) is 35.1 Å². The Bertz CT molecular complexity index is 895. The van der Waals surface area contributed by atoms with Gasteiger partial charge in [0.05, 0.1) is 17.0 Å². The minimum Gasteiger partial charge on any atom is -0.490 e. The standard InChI is InChI=1S/C17H18N2O2/c1-9(2)21-14-7-4-10(3)16-15(14)17(20)12-8-11(18)5-6-13(12)19-16/h4-9H,18H2,1-3H3,(H,19,20). The summed E-state index contributed by atoms with van der Waals surface area (Å²) in [6, 6.07) is 9.13. The van der Waals surface area contributed by atoms with Crippen LogP contribution in [-0.4, -0.2) is 11.1 Å². The van der Waals surface area contributed by atoms with Gasteiger partial charge in [-0.25, -0.2) is 0 Å². The van der Waals surface area contributed by atoms with Crippen LogP contribution in [0.5, 0.6) is 5.75 Å². The number of pyridine rings is 1. The highest BCUT2D eigenvalue weighted by atomic mass is 16.5. The molecule has 3 aromatic rings. The molecule has 0 bridgehead atoms. The minimum absolute atomic E-state index is 0.00634. The van der Waals surface area contributed by atoms with Gasteiger partial charge < -0.3 is 15.5 Å². The Morgan fingerprint density at radius 1 is 1.19 bits per heavy atom. The first kappa shape index (κ1) is 13.5. The molecule has 2 aromatic carbocycles. The average Bonchev–Trinajstić information content (AvgIpc) is 2.42. The SMILES string of the molecule is Cc1ccc(OC(C)C)c2c(=O)c3cc(N)ccc3[nH]c12. The minimum atomic E-state index is -0.0506. The van der Waals surface area contributed by atoms with E-state index in [4.69, 9.17) is 10.5 Å². The summed E-state index contributed by atoms with van der Waals surface area (Å²) in [4.78, 5) is 16.2. The van der Waals surface area contributed by atoms with E-state index in [1.54, 1.807) is 12.1 Å². The molecule has 0 unspecified atom stereocenters. The van der Waals surface area contributed by atoms with Crippen molar-refractivity contribution in [1.82, 2.24) is 4.98 Å². The van der Waals surface area contributed by atoms with Crippen molar-refractivity contribution in [1.29, 1.82) is 0 Å². The summed E-state index contributed by atoms with van der Waals surface area (Å²) >= 11 is 0. The Kier molecular flexibility index (Phi) is 3.09. The first-order chi connectivity index (χ1) is 9.97. The fourth-order valence-corrected chi connectivity index (χ4v) is 2.55. The number of nitrogens with two attached hydrogens (primary N) is 1. The summed E-state index contributed by atoms with van der Waals surface area (Å²) in [5.41, 5.74) is 8.94. The number of fused-ring (bicyclic) bond motifs is 2. The zero-order valence-corrected chi connectivity index (χ0v) is 12.4. The molecule has 0 spiro atoms. The smallest absolute Gasteiger partial charge is 0.201 e. The number of ether oxygens (including phenoxy) is 1. The number of anilines is 1. The van der Waals surface area contributed by atoms with E-state index in [0.29, 0.717) is 22.2 Å². The van der Waals surface area contributed by atoms with E-state index in [1.165, 1.54) is 0 Å². The van der Waals surface area contributed by atoms with E-state index < -0.39 is 0 Å². The van der Waals surface area contributed by atoms with Gasteiger partial charge in [-0.2, -0.15) is 0 Å². The highest BCUT2D eigenvalue weighted by Gasteiger charge is 2.13. The van der Waals surface area contributed by atoms with Crippen molar-refractivity contribution in [2.75, 3.05) is 5.73 Å². The molecule has 108 valence electrons. The molecule has 4 heteroatoms. The van der Waals surface area contributed by atoms with Crippen LogP contribution in [0.4, 0.5) is 5.69 Å². The lowest BCUT2D eigenvalue weighted by molar-refractivity contribution is 0.245. The molecule has 1 heterocycles. The number of aryl methyl sites for hydroxylation is 1. The highest BCUT2D eigenvalue weighted by molar-refractivity contribution is 5.97. The maximum atomic E-state index is 12.8. The molecule has 3 rings (SSSR count). The molecule has 3 N–H and O–H groups in total. The quantitative estimate of drug-likeness (QED) is 0.559. The first-order valence-electron chi connectivity index (χ1n) is 6.99. The van der Waals surface area contributed by atoms with Crippen molar-refractivity contribution in [3.63, 3.8) is 0 Å². The number of nitrogen functional groups attached to an aromatic ring is 1. The third-order valence-electron chi connectivity index (χ3n) is 3.51. The Morgan fingerprint density at radius 3 is 2.67 bits per heavy atom. The van der Waals surface area contributed by atoms with Crippen LogP contribution < -0.4 is 15.9 Å². The predicted molar refractivity (Wildman–Crippen MR) is 87.0 cm³/mol. The lowest BCUT2D eigenvalue weighted by Gasteiger charge is -2.14. The van der Waals surface area contributed by atoms with Crippen molar-refractivity contribution < 1.29 is 4.74 Å². The Morgan fingerprint density at radius 2 is 1.95 bits per heavy atom. The predicted octanol–water partition coefficient (Wildman–Crippen LogP) is 3.36. The van der Waals surface area contributed by atoms with E-state index >= 15 is 0 Å². The molecule has 0 saturated heterocycles. The number of nitrogens with one attached hydrogen (secondary N) is 1. The number of benzene rings is 2. The van der Waals surface area contributed by atoms with Crippen LogP contribution in [0, 0.1) is 6.92 Å². The molecule has 0 radical (unpaired) electrons. The van der Waals surface area contributed by atoms with Gasteiger partial charge in [-0.15, -0.1) is 0 Å². The fraction of sp³-hybridized carbons (Fsp3) is 0.235. The molecule has 0 saturated carbocycles. The van der Waals surface area contributed by atoms with Crippen molar-refractivity contribution >= 4 is 27.5 Å². The maximum absolute atomic E-state index is 12.8. The fourth-order valence-electron chi connectivity index (χ4n) is 2.55. The molecule has 0 fully saturated rings. The van der Waals surface area contributed by atoms with Gasteiger partial charge in [0.15, 0.2) is 0 Å². The largest absolute Gasteiger partial charge is 0.490 e. The van der Waals surface area contributed by atoms with Crippen LogP contribution in [0.25, 0.3) is 21.8 Å². The van der Waals surface area contributed by atoms with Gasteiger partial charge in [-0.05, 0) is 50.6 Å². The molecule has 0 aliphatic rings. The van der Waals surface area contributed by atoms with Gasteiger partial charge in [-0.3, -0.25) is 4.79 Å². The van der Waals surface area contributed by atoms with Crippen LogP contribution >= 0.6 is 0 Å². The molecule has 0 amide bonds. The van der Waals surface area contributed by atoms with Crippen molar-refractivity contribution in [3.05, 3.63) is 46.1 Å². The summed E-state index contributed by atoms with van der Waals surface area (Å²) in [6.07, 6.45) is 0.00634. The van der Waals surface area contributed by atoms with Crippen LogP contribution in [0.3, 0.4) is 0 Å². The van der Waals surface area contributed by atoms with Crippen LogP contribution in [-0.2, 0) is 0 Å². The number of hydrogen-bond acceptors (Lipinski definition) is 3. The first-order valence-corrected chi connectivity index (χ1v) is 6.99. The summed E-state index contributed by atoms with van der Waals surface area (Å²) in [6.45, 7) is 5.86. The molecule has 0 aliphatic carbocycles. The second kappa shape index (κ2) is 4.81.